The molecule has 0 aliphatic carbocycles. The Labute approximate surface area is 145 Å². The van der Waals surface area contributed by atoms with E-state index in [1.807, 2.05) is 18.2 Å². The highest BCUT2D eigenvalue weighted by Crippen LogP contribution is 2.26. The Kier molecular flexibility index (Phi) is 4.06. The summed E-state index contributed by atoms with van der Waals surface area (Å²) < 4.78 is 14.1. The van der Waals surface area contributed by atoms with Crippen molar-refractivity contribution >= 4 is 28.7 Å². The van der Waals surface area contributed by atoms with Gasteiger partial charge in [0.15, 0.2) is 6.29 Å². The second-order valence-electron chi connectivity index (χ2n) is 6.14. The molecule has 1 fully saturated rings. The number of carbonyl (C=O) groups is 1. The summed E-state index contributed by atoms with van der Waals surface area (Å²) in [6, 6.07) is 16.8. The molecule has 5 heteroatoms. The highest BCUT2D eigenvalue weighted by Gasteiger charge is 2.21. The molecule has 4 rings (SSSR count). The average Bonchev–Trinajstić information content (AvgIpc) is 2.68. The molecule has 25 heavy (non-hydrogen) atoms. The number of aldehydes is 1. The largest absolute Gasteiger partial charge is 0.368 e. The summed E-state index contributed by atoms with van der Waals surface area (Å²) >= 11 is 0. The highest BCUT2D eigenvalue weighted by atomic mass is 19.1. The minimum absolute atomic E-state index is 0.314. The van der Waals surface area contributed by atoms with Gasteiger partial charge in [-0.05, 0) is 24.3 Å². The number of anilines is 2. The Bertz CT molecular complexity index is 905. The number of halogens is 1. The zero-order valence-corrected chi connectivity index (χ0v) is 13.7. The van der Waals surface area contributed by atoms with Crippen LogP contribution in [0.15, 0.2) is 54.6 Å². The van der Waals surface area contributed by atoms with E-state index < -0.39 is 0 Å². The van der Waals surface area contributed by atoms with Crippen molar-refractivity contribution in [2.24, 2.45) is 0 Å². The van der Waals surface area contributed by atoms with Crippen molar-refractivity contribution in [3.63, 3.8) is 0 Å². The Morgan fingerprint density at radius 2 is 1.64 bits per heavy atom. The maximum atomic E-state index is 14.1. The summed E-state index contributed by atoms with van der Waals surface area (Å²) in [5.41, 5.74) is 2.01. The van der Waals surface area contributed by atoms with E-state index in [2.05, 4.69) is 26.9 Å². The van der Waals surface area contributed by atoms with Crippen LogP contribution in [0.1, 0.15) is 10.4 Å². The molecule has 0 saturated carbocycles. The van der Waals surface area contributed by atoms with Gasteiger partial charge in [-0.3, -0.25) is 4.79 Å². The number of aromatic nitrogens is 1. The van der Waals surface area contributed by atoms with Crippen LogP contribution in [0.25, 0.3) is 10.9 Å². The molecular weight excluding hydrogens is 317 g/mol. The lowest BCUT2D eigenvalue weighted by atomic mass is 10.1. The van der Waals surface area contributed by atoms with Gasteiger partial charge in [0.2, 0.25) is 0 Å². The molecule has 2 heterocycles. The fourth-order valence-electron chi connectivity index (χ4n) is 3.32. The lowest BCUT2D eigenvalue weighted by Gasteiger charge is -2.37. The summed E-state index contributed by atoms with van der Waals surface area (Å²) in [7, 11) is 0. The van der Waals surface area contributed by atoms with Gasteiger partial charge in [0, 0.05) is 37.3 Å². The lowest BCUT2D eigenvalue weighted by molar-refractivity contribution is 0.112. The van der Waals surface area contributed by atoms with Crippen LogP contribution < -0.4 is 9.80 Å². The topological polar surface area (TPSA) is 36.4 Å². The van der Waals surface area contributed by atoms with Gasteiger partial charge in [-0.1, -0.05) is 30.3 Å². The van der Waals surface area contributed by atoms with Crippen molar-refractivity contribution in [2.75, 3.05) is 36.0 Å². The summed E-state index contributed by atoms with van der Waals surface area (Å²) in [6.07, 6.45) is 0.802. The van der Waals surface area contributed by atoms with Crippen molar-refractivity contribution in [2.45, 2.75) is 0 Å². The van der Waals surface area contributed by atoms with E-state index in [1.165, 1.54) is 11.8 Å². The van der Waals surface area contributed by atoms with E-state index in [-0.39, 0.29) is 5.82 Å². The molecule has 0 radical (unpaired) electrons. The maximum absolute atomic E-state index is 14.1. The maximum Gasteiger partial charge on any atom is 0.153 e. The number of fused-ring (bicyclic) bond motifs is 1. The number of para-hydroxylation sites is 2. The van der Waals surface area contributed by atoms with E-state index in [1.54, 1.807) is 18.2 Å². The molecule has 0 N–H and O–H groups in total. The molecule has 0 bridgehead atoms. The molecule has 126 valence electrons. The summed E-state index contributed by atoms with van der Waals surface area (Å²) in [5.74, 6) is 0.208. The highest BCUT2D eigenvalue weighted by molar-refractivity contribution is 5.92. The van der Waals surface area contributed by atoms with Gasteiger partial charge >= 0.3 is 0 Å². The van der Waals surface area contributed by atoms with Crippen LogP contribution in [0.4, 0.5) is 15.9 Å². The van der Waals surface area contributed by atoms with Crippen molar-refractivity contribution in [1.29, 1.82) is 0 Å². The third-order valence-electron chi connectivity index (χ3n) is 4.63. The van der Waals surface area contributed by atoms with Gasteiger partial charge in [-0.25, -0.2) is 9.37 Å². The average molecular weight is 335 g/mol. The summed E-state index contributed by atoms with van der Waals surface area (Å²) in [4.78, 5) is 20.4. The second-order valence-corrected chi connectivity index (χ2v) is 6.14. The molecule has 0 amide bonds. The number of carbonyl (C=O) groups excluding carboxylic acids is 1. The van der Waals surface area contributed by atoms with Crippen LogP contribution in [-0.4, -0.2) is 37.4 Å². The van der Waals surface area contributed by atoms with E-state index in [9.17, 15) is 9.18 Å². The number of piperazine rings is 1. The van der Waals surface area contributed by atoms with E-state index in [0.717, 1.165) is 32.5 Å². The molecule has 0 unspecified atom stereocenters. The molecule has 3 aromatic rings. The Morgan fingerprint density at radius 1 is 0.920 bits per heavy atom. The quantitative estimate of drug-likeness (QED) is 0.686. The standard InChI is InChI=1S/C20H18FN3O/c21-18-8-4-5-15-13-16(14-25)20(22-19(15)18)24-11-9-23(10-12-24)17-6-2-1-3-7-17/h1-8,13-14H,9-12H2. The van der Waals surface area contributed by atoms with Crippen molar-refractivity contribution in [3.8, 4) is 0 Å². The van der Waals surface area contributed by atoms with Crippen LogP contribution in [0.3, 0.4) is 0 Å². The van der Waals surface area contributed by atoms with Crippen molar-refractivity contribution in [3.05, 3.63) is 66.0 Å². The van der Waals surface area contributed by atoms with Crippen molar-refractivity contribution in [1.82, 2.24) is 4.98 Å². The van der Waals surface area contributed by atoms with E-state index in [0.29, 0.717) is 22.3 Å². The molecule has 4 nitrogen and oxygen atoms in total. The first-order valence-corrected chi connectivity index (χ1v) is 8.35. The Balaban J connectivity index is 1.62. The molecule has 1 aliphatic rings. The first-order valence-electron chi connectivity index (χ1n) is 8.35. The number of hydrogen-bond donors (Lipinski definition) is 0. The molecular formula is C20H18FN3O. The fraction of sp³-hybridized carbons (Fsp3) is 0.200. The number of hydrogen-bond acceptors (Lipinski definition) is 4. The fourth-order valence-corrected chi connectivity index (χ4v) is 3.32. The monoisotopic (exact) mass is 335 g/mol. The van der Waals surface area contributed by atoms with Gasteiger partial charge in [0.05, 0.1) is 5.56 Å². The first kappa shape index (κ1) is 15.6. The normalized spacial score (nSPS) is 14.8. The lowest BCUT2D eigenvalue weighted by Crippen LogP contribution is -2.47. The minimum Gasteiger partial charge on any atom is -0.368 e. The molecule has 0 spiro atoms. The van der Waals surface area contributed by atoms with Gasteiger partial charge in [0.25, 0.3) is 0 Å². The van der Waals surface area contributed by atoms with Gasteiger partial charge in [-0.15, -0.1) is 0 Å². The van der Waals surface area contributed by atoms with Gasteiger partial charge in [-0.2, -0.15) is 0 Å². The first-order chi connectivity index (χ1) is 12.3. The number of pyridine rings is 1. The second kappa shape index (κ2) is 6.51. The molecule has 1 aromatic heterocycles. The van der Waals surface area contributed by atoms with Crippen LogP contribution in [0, 0.1) is 5.82 Å². The third kappa shape index (κ3) is 2.93. The third-order valence-corrected chi connectivity index (χ3v) is 4.63. The van der Waals surface area contributed by atoms with Crippen LogP contribution in [0.5, 0.6) is 0 Å². The number of benzene rings is 2. The SMILES string of the molecule is O=Cc1cc2cccc(F)c2nc1N1CCN(c2ccccc2)CC1. The zero-order valence-electron chi connectivity index (χ0n) is 13.7. The number of rotatable bonds is 3. The smallest absolute Gasteiger partial charge is 0.153 e. The van der Waals surface area contributed by atoms with E-state index in [4.69, 9.17) is 0 Å². The van der Waals surface area contributed by atoms with Crippen LogP contribution >= 0.6 is 0 Å². The molecule has 1 aliphatic heterocycles. The summed E-state index contributed by atoms with van der Waals surface area (Å²) in [6.45, 7) is 3.14. The summed E-state index contributed by atoms with van der Waals surface area (Å²) in [5, 5.41) is 0.647. The Hall–Kier alpha value is -2.95. The molecule has 1 saturated heterocycles. The van der Waals surface area contributed by atoms with Crippen molar-refractivity contribution < 1.29 is 9.18 Å². The van der Waals surface area contributed by atoms with Crippen LogP contribution in [-0.2, 0) is 0 Å². The Morgan fingerprint density at radius 3 is 2.36 bits per heavy atom. The zero-order chi connectivity index (χ0) is 17.2. The minimum atomic E-state index is -0.362. The van der Waals surface area contributed by atoms with Crippen LogP contribution in [0.2, 0.25) is 0 Å². The number of nitrogens with zero attached hydrogens (tertiary/aromatic N) is 3. The van der Waals surface area contributed by atoms with Gasteiger partial charge in [0.1, 0.15) is 17.2 Å². The predicted octanol–water partition coefficient (Wildman–Crippen LogP) is 3.51. The molecule has 0 atom stereocenters. The molecule has 2 aromatic carbocycles. The van der Waals surface area contributed by atoms with Gasteiger partial charge < -0.3 is 9.80 Å². The predicted molar refractivity (Wildman–Crippen MR) is 98.0 cm³/mol. The van der Waals surface area contributed by atoms with E-state index >= 15 is 0 Å².